The van der Waals surface area contributed by atoms with E-state index in [1.165, 1.54) is 6.07 Å². The molecule has 1 atom stereocenters. The Morgan fingerprint density at radius 1 is 0.985 bits per heavy atom. The molecule has 2 aromatic carbocycles. The number of nitrogens with one attached hydrogen (secondary N) is 1. The first-order chi connectivity index (χ1) is 31.2. The number of pyridine rings is 2. The lowest BCUT2D eigenvalue weighted by atomic mass is 9.88. The number of hydrogen-bond acceptors (Lipinski definition) is 14. The van der Waals surface area contributed by atoms with E-state index in [1.807, 2.05) is 48.3 Å². The van der Waals surface area contributed by atoms with Gasteiger partial charge in [0, 0.05) is 90.1 Å². The molecule has 0 aliphatic carbocycles. The number of carbonyl (C=O) groups excluding carboxylic acids is 5. The molecule has 0 bridgehead atoms. The number of hydrogen-bond donors (Lipinski definition) is 2. The average Bonchev–Trinajstić information content (AvgIpc) is 3.55. The number of morpholine rings is 1. The standard InChI is InChI=1S/C45H51N7O10.CH2O2/c1-48(2)37-22-29-30(23-46-37)42(56)49(3)24-31(29)27-20-35(59-4)32(36(21-27)60-5)25-50-15-13-45(14-16-50)26-51(17-19-62-45)39(54)10-7-18-61-34-9-6-8-28-40(34)44(58)52(43(28)57)33-11-12-38(53)47-41(33)55;2-1-3/h6,8-9,20-24,33H,7,10-19,25-26H2,1-5H3,(H,47,53,55);1H,(H,2,3). The van der Waals surface area contributed by atoms with E-state index in [1.54, 1.807) is 44.2 Å². The molecular weight excluding hydrogens is 843 g/mol. The summed E-state index contributed by atoms with van der Waals surface area (Å²) < 4.78 is 25.9. The zero-order valence-corrected chi connectivity index (χ0v) is 37.1. The predicted octanol–water partition coefficient (Wildman–Crippen LogP) is 2.84. The maximum atomic E-state index is 13.5. The normalized spacial score (nSPS) is 18.2. The highest BCUT2D eigenvalue weighted by molar-refractivity contribution is 6.24. The molecule has 4 aromatic rings. The number of likely N-dealkylation sites (tertiary alicyclic amines) is 1. The van der Waals surface area contributed by atoms with Crippen molar-refractivity contribution in [2.24, 2.45) is 7.05 Å². The Hall–Kier alpha value is -6.86. The van der Waals surface area contributed by atoms with Crippen molar-refractivity contribution in [1.29, 1.82) is 0 Å². The van der Waals surface area contributed by atoms with E-state index in [4.69, 9.17) is 28.8 Å². The molecule has 2 N–H and O–H groups in total. The van der Waals surface area contributed by atoms with Crippen LogP contribution in [0.25, 0.3) is 21.9 Å². The van der Waals surface area contributed by atoms with Crippen LogP contribution < -0.4 is 30.0 Å². The minimum Gasteiger partial charge on any atom is -0.496 e. The van der Waals surface area contributed by atoms with Gasteiger partial charge in [0.2, 0.25) is 17.7 Å². The molecule has 65 heavy (non-hydrogen) atoms. The second-order valence-electron chi connectivity index (χ2n) is 16.6. The number of anilines is 1. The number of piperidine rings is 2. The number of imide groups is 2. The maximum absolute atomic E-state index is 13.5. The smallest absolute Gasteiger partial charge is 0.290 e. The second kappa shape index (κ2) is 19.5. The summed E-state index contributed by atoms with van der Waals surface area (Å²) in [5.74, 6) is -0.0929. The third-order valence-electron chi connectivity index (χ3n) is 12.4. The summed E-state index contributed by atoms with van der Waals surface area (Å²) in [4.78, 5) is 97.2. The van der Waals surface area contributed by atoms with Crippen LogP contribution in [0.2, 0.25) is 0 Å². The lowest BCUT2D eigenvalue weighted by Gasteiger charge is -2.47. The van der Waals surface area contributed by atoms with Crippen LogP contribution in [0.4, 0.5) is 5.82 Å². The van der Waals surface area contributed by atoms with Gasteiger partial charge in [-0.25, -0.2) is 4.98 Å². The number of amides is 5. The van der Waals surface area contributed by atoms with Crippen molar-refractivity contribution in [3.05, 3.63) is 75.8 Å². The van der Waals surface area contributed by atoms with Crippen LogP contribution in [0.1, 0.15) is 64.8 Å². The SMILES string of the molecule is COc1cc(-c2cn(C)c(=O)c3cnc(N(C)C)cc23)cc(OC)c1CN1CCC2(CC1)CN(C(=O)CCCOc1cccc3c1C(=O)N(C1CCC(=O)NC1=O)C3=O)CCO2.O=CO. The quantitative estimate of drug-likeness (QED) is 0.119. The van der Waals surface area contributed by atoms with Crippen molar-refractivity contribution < 1.29 is 52.8 Å². The minimum atomic E-state index is -1.07. The molecule has 4 aliphatic heterocycles. The Balaban J connectivity index is 0.00000204. The van der Waals surface area contributed by atoms with Crippen LogP contribution in [0.5, 0.6) is 17.2 Å². The third-order valence-corrected chi connectivity index (χ3v) is 12.4. The van der Waals surface area contributed by atoms with E-state index >= 15 is 0 Å². The van der Waals surface area contributed by atoms with Crippen molar-refractivity contribution in [2.45, 2.75) is 56.7 Å². The van der Waals surface area contributed by atoms with Gasteiger partial charge in [-0.1, -0.05) is 6.07 Å². The van der Waals surface area contributed by atoms with Gasteiger partial charge in [-0.2, -0.15) is 0 Å². The number of methoxy groups -OCH3 is 2. The maximum Gasteiger partial charge on any atom is 0.290 e. The molecule has 344 valence electrons. The first-order valence-corrected chi connectivity index (χ1v) is 21.3. The monoisotopic (exact) mass is 895 g/mol. The van der Waals surface area contributed by atoms with Crippen LogP contribution >= 0.6 is 0 Å². The number of aromatic nitrogens is 2. The van der Waals surface area contributed by atoms with Crippen LogP contribution in [-0.4, -0.2) is 145 Å². The average molecular weight is 896 g/mol. The Morgan fingerprint density at radius 3 is 2.35 bits per heavy atom. The number of ether oxygens (including phenoxy) is 4. The summed E-state index contributed by atoms with van der Waals surface area (Å²) >= 11 is 0. The van der Waals surface area contributed by atoms with Crippen molar-refractivity contribution in [1.82, 2.24) is 29.6 Å². The predicted molar refractivity (Wildman–Crippen MR) is 236 cm³/mol. The van der Waals surface area contributed by atoms with Crippen LogP contribution in [0, 0.1) is 0 Å². The summed E-state index contributed by atoms with van der Waals surface area (Å²) in [7, 11) is 8.83. The van der Waals surface area contributed by atoms with Crippen LogP contribution in [0.15, 0.2) is 53.6 Å². The summed E-state index contributed by atoms with van der Waals surface area (Å²) in [6, 6.07) is 9.54. The largest absolute Gasteiger partial charge is 0.496 e. The fourth-order valence-corrected chi connectivity index (χ4v) is 8.99. The minimum absolute atomic E-state index is 0.0117. The number of aryl methyl sites for hydroxylation is 1. The van der Waals surface area contributed by atoms with E-state index in [0.29, 0.717) is 49.5 Å². The number of rotatable bonds is 12. The Labute approximate surface area is 374 Å². The van der Waals surface area contributed by atoms with Gasteiger partial charge in [-0.05, 0) is 61.6 Å². The van der Waals surface area contributed by atoms with Crippen molar-refractivity contribution in [3.63, 3.8) is 0 Å². The highest BCUT2D eigenvalue weighted by atomic mass is 16.5. The molecule has 19 heteroatoms. The summed E-state index contributed by atoms with van der Waals surface area (Å²) in [5.41, 5.74) is 2.23. The van der Waals surface area contributed by atoms with Gasteiger partial charge >= 0.3 is 0 Å². The fraction of sp³-hybridized carbons (Fsp3) is 0.435. The molecule has 6 heterocycles. The molecule has 19 nitrogen and oxygen atoms in total. The Bertz CT molecular complexity index is 2560. The van der Waals surface area contributed by atoms with Gasteiger partial charge in [0.05, 0.1) is 55.1 Å². The summed E-state index contributed by atoms with van der Waals surface area (Å²) in [5, 5.41) is 10.4. The first-order valence-electron chi connectivity index (χ1n) is 21.3. The van der Waals surface area contributed by atoms with E-state index in [0.717, 1.165) is 58.7 Å². The molecule has 1 unspecified atom stereocenters. The number of carbonyl (C=O) groups is 6. The van der Waals surface area contributed by atoms with E-state index in [9.17, 15) is 28.8 Å². The molecule has 5 amide bonds. The molecule has 1 spiro atoms. The Morgan fingerprint density at radius 2 is 1.69 bits per heavy atom. The molecule has 3 fully saturated rings. The Kier molecular flexibility index (Phi) is 13.8. The lowest BCUT2D eigenvalue weighted by Crippen LogP contribution is -2.57. The van der Waals surface area contributed by atoms with Crippen LogP contribution in [-0.2, 0) is 37.5 Å². The van der Waals surface area contributed by atoms with E-state index < -0.39 is 35.3 Å². The van der Waals surface area contributed by atoms with E-state index in [2.05, 4.69) is 15.2 Å². The number of nitrogens with zero attached hydrogens (tertiary/aromatic N) is 6. The summed E-state index contributed by atoms with van der Waals surface area (Å²) in [6.07, 6.45) is 5.62. The van der Waals surface area contributed by atoms with Crippen molar-refractivity contribution in [2.75, 3.05) is 72.6 Å². The molecular formula is C46H53N7O12. The van der Waals surface area contributed by atoms with Crippen LogP contribution in [0.3, 0.4) is 0 Å². The molecule has 0 saturated carbocycles. The van der Waals surface area contributed by atoms with Gasteiger partial charge in [0.15, 0.2) is 0 Å². The van der Waals surface area contributed by atoms with E-state index in [-0.39, 0.29) is 60.7 Å². The van der Waals surface area contributed by atoms with Gasteiger partial charge < -0.3 is 38.4 Å². The number of fused-ring (bicyclic) bond motifs is 2. The van der Waals surface area contributed by atoms with Gasteiger partial charge in [0.25, 0.3) is 23.8 Å². The van der Waals surface area contributed by atoms with Crippen molar-refractivity contribution >= 4 is 52.6 Å². The van der Waals surface area contributed by atoms with Gasteiger partial charge in [0.1, 0.15) is 29.1 Å². The molecule has 0 radical (unpaired) electrons. The second-order valence-corrected chi connectivity index (χ2v) is 16.6. The van der Waals surface area contributed by atoms with Gasteiger partial charge in [-0.3, -0.25) is 48.7 Å². The topological polar surface area (TPSA) is 219 Å². The number of benzene rings is 2. The molecule has 4 aliphatic rings. The first kappa shape index (κ1) is 46.1. The van der Waals surface area contributed by atoms with Gasteiger partial charge in [-0.15, -0.1) is 0 Å². The zero-order valence-electron chi connectivity index (χ0n) is 37.1. The van der Waals surface area contributed by atoms with Crippen molar-refractivity contribution in [3.8, 4) is 28.4 Å². The fourth-order valence-electron chi connectivity index (χ4n) is 8.99. The molecule has 2 aromatic heterocycles. The highest BCUT2D eigenvalue weighted by Gasteiger charge is 2.46. The highest BCUT2D eigenvalue weighted by Crippen LogP contribution is 2.40. The summed E-state index contributed by atoms with van der Waals surface area (Å²) in [6.45, 7) is 3.35. The molecule has 8 rings (SSSR count). The lowest BCUT2D eigenvalue weighted by molar-refractivity contribution is -0.160. The third kappa shape index (κ3) is 9.37. The number of carboxylic acid groups (broad SMARTS) is 1. The molecule has 3 saturated heterocycles. The zero-order chi connectivity index (χ0) is 46.6.